The predicted octanol–water partition coefficient (Wildman–Crippen LogP) is 4.50. The molecule has 0 spiro atoms. The van der Waals surface area contributed by atoms with Crippen molar-refractivity contribution in [3.63, 3.8) is 0 Å². The first-order valence-electron chi connectivity index (χ1n) is 12.2. The summed E-state index contributed by atoms with van der Waals surface area (Å²) in [6, 6.07) is 9.34. The topological polar surface area (TPSA) is 83.8 Å². The van der Waals surface area contributed by atoms with Crippen LogP contribution in [0.5, 0.6) is 0 Å². The number of ketones is 1. The second-order valence-corrected chi connectivity index (χ2v) is 11.0. The van der Waals surface area contributed by atoms with Crippen LogP contribution in [0.3, 0.4) is 0 Å². The van der Waals surface area contributed by atoms with Gasteiger partial charge in [0.25, 0.3) is 0 Å². The van der Waals surface area contributed by atoms with Gasteiger partial charge >= 0.3 is 5.97 Å². The highest BCUT2D eigenvalue weighted by atomic mass is 16.6. The van der Waals surface area contributed by atoms with Crippen molar-refractivity contribution >= 4 is 17.8 Å². The van der Waals surface area contributed by atoms with Crippen molar-refractivity contribution in [3.05, 3.63) is 65.8 Å². The Labute approximate surface area is 202 Å². The molecule has 5 heteroatoms. The van der Waals surface area contributed by atoms with Crippen LogP contribution in [0.1, 0.15) is 52.5 Å². The van der Waals surface area contributed by atoms with Gasteiger partial charge in [0.05, 0.1) is 18.1 Å². The van der Waals surface area contributed by atoms with E-state index in [1.165, 1.54) is 6.08 Å². The van der Waals surface area contributed by atoms with Crippen LogP contribution in [-0.2, 0) is 14.3 Å². The van der Waals surface area contributed by atoms with Crippen LogP contribution in [0.2, 0.25) is 0 Å². The molecule has 2 saturated carbocycles. The van der Waals surface area contributed by atoms with Gasteiger partial charge in [-0.2, -0.15) is 0 Å². The summed E-state index contributed by atoms with van der Waals surface area (Å²) in [5.41, 5.74) is 0.335. The van der Waals surface area contributed by atoms with Crippen molar-refractivity contribution < 1.29 is 24.5 Å². The summed E-state index contributed by atoms with van der Waals surface area (Å²) in [5.74, 6) is -1.67. The van der Waals surface area contributed by atoms with Crippen molar-refractivity contribution in [1.82, 2.24) is 0 Å². The van der Waals surface area contributed by atoms with Crippen molar-refractivity contribution in [3.8, 4) is 0 Å². The van der Waals surface area contributed by atoms with Gasteiger partial charge in [-0.15, -0.1) is 0 Å². The quantitative estimate of drug-likeness (QED) is 0.391. The van der Waals surface area contributed by atoms with E-state index in [0.29, 0.717) is 23.5 Å². The first-order valence-corrected chi connectivity index (χ1v) is 12.2. The third-order valence-corrected chi connectivity index (χ3v) is 8.45. The van der Waals surface area contributed by atoms with Crippen LogP contribution in [0.25, 0.3) is 6.08 Å². The van der Waals surface area contributed by atoms with E-state index < -0.39 is 29.7 Å². The Morgan fingerprint density at radius 2 is 1.88 bits per heavy atom. The van der Waals surface area contributed by atoms with E-state index in [9.17, 15) is 19.8 Å². The fourth-order valence-electron chi connectivity index (χ4n) is 6.24. The lowest BCUT2D eigenvalue weighted by Gasteiger charge is -2.37. The van der Waals surface area contributed by atoms with Crippen molar-refractivity contribution in [1.29, 1.82) is 0 Å². The lowest BCUT2D eigenvalue weighted by Crippen LogP contribution is -2.53. The molecule has 0 radical (unpaired) electrons. The lowest BCUT2D eigenvalue weighted by molar-refractivity contribution is -0.172. The van der Waals surface area contributed by atoms with Crippen molar-refractivity contribution in [2.24, 2.45) is 29.1 Å². The Bertz CT molecular complexity index is 1040. The standard InChI is InChI=1S/C29H36O5/c1-17-11-13-21-22(28(21,4)5)15-18(2)27(33)29(16-19(3)26(32)24(29)25(17)31)34-23(30)14-12-20-9-7-6-8-10-20/h6-10,12,14-15,19,21-22,24-26,31-32H,1,11,13,16H2,2-5H3/b14-12+,18-15-/t19-,21-,22-,24-,25-,26-,29+/m0/s1. The molecule has 0 unspecified atom stereocenters. The highest BCUT2D eigenvalue weighted by Crippen LogP contribution is 2.62. The summed E-state index contributed by atoms with van der Waals surface area (Å²) in [6.45, 7) is 12.1. The van der Waals surface area contributed by atoms with Crippen LogP contribution < -0.4 is 0 Å². The maximum Gasteiger partial charge on any atom is 0.331 e. The average molecular weight is 465 g/mol. The van der Waals surface area contributed by atoms with E-state index in [2.05, 4.69) is 20.4 Å². The summed E-state index contributed by atoms with van der Waals surface area (Å²) in [4.78, 5) is 27.0. The molecule has 2 N–H and O–H groups in total. The molecule has 1 aromatic carbocycles. The molecule has 1 aromatic rings. The molecule has 3 aliphatic rings. The van der Waals surface area contributed by atoms with E-state index in [0.717, 1.165) is 12.0 Å². The maximum absolute atomic E-state index is 14.0. The van der Waals surface area contributed by atoms with E-state index in [-0.39, 0.29) is 29.5 Å². The number of carbonyl (C=O) groups excluding carboxylic acids is 2. The highest BCUT2D eigenvalue weighted by molar-refractivity contribution is 6.04. The molecule has 7 atom stereocenters. The number of esters is 1. The van der Waals surface area contributed by atoms with Gasteiger partial charge in [0.2, 0.25) is 5.78 Å². The molecule has 0 amide bonds. The number of Topliss-reactive ketones (excluding diaryl/α,β-unsaturated/α-hetero) is 1. The minimum Gasteiger partial charge on any atom is -0.447 e. The number of aliphatic hydroxyl groups excluding tert-OH is 2. The summed E-state index contributed by atoms with van der Waals surface area (Å²) >= 11 is 0. The fraction of sp³-hybridized carbons (Fsp3) is 0.517. The van der Waals surface area contributed by atoms with Crippen LogP contribution >= 0.6 is 0 Å². The zero-order chi connectivity index (χ0) is 24.8. The summed E-state index contributed by atoms with van der Waals surface area (Å²) in [6.07, 6.45) is 4.40. The Kier molecular flexibility index (Phi) is 6.47. The summed E-state index contributed by atoms with van der Waals surface area (Å²) < 4.78 is 5.96. The fourth-order valence-corrected chi connectivity index (χ4v) is 6.24. The average Bonchev–Trinajstić information content (AvgIpc) is 3.21. The van der Waals surface area contributed by atoms with Crippen LogP contribution in [0, 0.1) is 29.1 Å². The first-order chi connectivity index (χ1) is 16.0. The third-order valence-electron chi connectivity index (χ3n) is 8.45. The van der Waals surface area contributed by atoms with Crippen LogP contribution in [0.4, 0.5) is 0 Å². The van der Waals surface area contributed by atoms with E-state index in [1.54, 1.807) is 13.0 Å². The number of allylic oxidation sites excluding steroid dienone is 1. The number of aliphatic hydroxyl groups is 2. The molecule has 4 rings (SSSR count). The number of carbonyl (C=O) groups is 2. The van der Waals surface area contributed by atoms with Crippen molar-refractivity contribution in [2.45, 2.75) is 64.8 Å². The van der Waals surface area contributed by atoms with Gasteiger partial charge in [-0.25, -0.2) is 4.79 Å². The molecule has 34 heavy (non-hydrogen) atoms. The predicted molar refractivity (Wildman–Crippen MR) is 131 cm³/mol. The molecule has 182 valence electrons. The largest absolute Gasteiger partial charge is 0.447 e. The number of rotatable bonds is 3. The van der Waals surface area contributed by atoms with Gasteiger partial charge in [-0.3, -0.25) is 4.79 Å². The van der Waals surface area contributed by atoms with Gasteiger partial charge in [0.1, 0.15) is 0 Å². The highest BCUT2D eigenvalue weighted by Gasteiger charge is 2.63. The maximum atomic E-state index is 14.0. The molecule has 3 aliphatic carbocycles. The molecule has 0 heterocycles. The zero-order valence-electron chi connectivity index (χ0n) is 20.5. The Morgan fingerprint density at radius 3 is 2.56 bits per heavy atom. The number of benzene rings is 1. The molecule has 0 saturated heterocycles. The number of ether oxygens (including phenoxy) is 1. The van der Waals surface area contributed by atoms with Crippen LogP contribution in [0.15, 0.2) is 60.2 Å². The second kappa shape index (κ2) is 8.94. The number of fused-ring (bicyclic) bond motifs is 2. The molecule has 0 aliphatic heterocycles. The van der Waals surface area contributed by atoms with Crippen LogP contribution in [-0.4, -0.2) is 39.8 Å². The molecule has 2 fully saturated rings. The molecule has 5 nitrogen and oxygen atoms in total. The zero-order valence-corrected chi connectivity index (χ0v) is 20.5. The van der Waals surface area contributed by atoms with Gasteiger partial charge in [0.15, 0.2) is 5.60 Å². The van der Waals surface area contributed by atoms with E-state index >= 15 is 0 Å². The van der Waals surface area contributed by atoms with Crippen molar-refractivity contribution in [2.75, 3.05) is 0 Å². The van der Waals surface area contributed by atoms with E-state index in [1.807, 2.05) is 43.3 Å². The smallest absolute Gasteiger partial charge is 0.331 e. The minimum atomic E-state index is -1.65. The summed E-state index contributed by atoms with van der Waals surface area (Å²) in [5, 5.41) is 22.4. The van der Waals surface area contributed by atoms with Gasteiger partial charge in [0, 0.05) is 12.5 Å². The van der Waals surface area contributed by atoms with Gasteiger partial charge < -0.3 is 14.9 Å². The Balaban J connectivity index is 1.74. The van der Waals surface area contributed by atoms with Gasteiger partial charge in [-0.05, 0) is 65.7 Å². The minimum absolute atomic E-state index is 0.0656. The third kappa shape index (κ3) is 4.20. The lowest BCUT2D eigenvalue weighted by atomic mass is 9.77. The first kappa shape index (κ1) is 24.6. The SMILES string of the molecule is C=C1CC[C@H]2[C@H](/C=C(/C)C(=O)[C@@]3(OC(=O)/C=C/c4ccccc4)C[C@H](C)[C@H](O)[C@@H]3[C@H]1O)C2(C)C. The number of hydrogen-bond acceptors (Lipinski definition) is 5. The molecular weight excluding hydrogens is 428 g/mol. The normalized spacial score (nSPS) is 38.9. The Hall–Kier alpha value is -2.50. The van der Waals surface area contributed by atoms with E-state index in [4.69, 9.17) is 4.74 Å². The van der Waals surface area contributed by atoms with Gasteiger partial charge in [-0.1, -0.05) is 63.8 Å². The summed E-state index contributed by atoms with van der Waals surface area (Å²) in [7, 11) is 0. The second-order valence-electron chi connectivity index (χ2n) is 11.0. The Morgan fingerprint density at radius 1 is 1.21 bits per heavy atom. The monoisotopic (exact) mass is 464 g/mol. The molecule has 0 aromatic heterocycles. The number of hydrogen-bond donors (Lipinski definition) is 2. The molecule has 0 bridgehead atoms. The molecular formula is C29H36O5.